The van der Waals surface area contributed by atoms with Gasteiger partial charge >= 0.3 is 6.09 Å². The molecule has 0 aliphatic heterocycles. The fourth-order valence-electron chi connectivity index (χ4n) is 1.69. The van der Waals surface area contributed by atoms with Gasteiger partial charge in [0, 0.05) is 16.4 Å². The quantitative estimate of drug-likeness (QED) is 0.876. The maximum atomic E-state index is 13.7. The monoisotopic (exact) mass is 358 g/mol. The van der Waals surface area contributed by atoms with E-state index in [4.69, 9.17) is 11.6 Å². The lowest BCUT2D eigenvalue weighted by Gasteiger charge is -2.10. The number of hydrogen-bond donors (Lipinski definition) is 2. The van der Waals surface area contributed by atoms with Crippen molar-refractivity contribution in [2.45, 2.75) is 4.90 Å². The Balaban J connectivity index is 2.19. The summed E-state index contributed by atoms with van der Waals surface area (Å²) >= 11 is 5.60. The molecule has 0 heterocycles. The van der Waals surface area contributed by atoms with Gasteiger partial charge in [0.1, 0.15) is 10.7 Å². The summed E-state index contributed by atoms with van der Waals surface area (Å²) < 4.78 is 44.7. The number of halogens is 2. The van der Waals surface area contributed by atoms with Crippen LogP contribution in [0.2, 0.25) is 5.02 Å². The van der Waals surface area contributed by atoms with Gasteiger partial charge in [-0.2, -0.15) is 0 Å². The minimum atomic E-state index is -4.10. The average molecular weight is 359 g/mol. The van der Waals surface area contributed by atoms with Crippen molar-refractivity contribution in [3.63, 3.8) is 0 Å². The normalized spacial score (nSPS) is 10.9. The summed E-state index contributed by atoms with van der Waals surface area (Å²) in [5.41, 5.74) is 0.618. The van der Waals surface area contributed by atoms with Gasteiger partial charge in [-0.3, -0.25) is 10.0 Å². The van der Waals surface area contributed by atoms with Crippen molar-refractivity contribution in [1.29, 1.82) is 0 Å². The SMILES string of the molecule is COC(=O)Nc1ccc(NS(=O)(=O)c2ccc(Cl)cc2F)cc1. The molecular weight excluding hydrogens is 347 g/mol. The number of hydrogen-bond acceptors (Lipinski definition) is 4. The molecular formula is C14H12ClFN2O4S. The minimum Gasteiger partial charge on any atom is -0.453 e. The molecule has 2 N–H and O–H groups in total. The van der Waals surface area contributed by atoms with Gasteiger partial charge in [0.25, 0.3) is 10.0 Å². The molecule has 0 saturated heterocycles. The van der Waals surface area contributed by atoms with Crippen molar-refractivity contribution in [1.82, 2.24) is 0 Å². The number of sulfonamides is 1. The summed E-state index contributed by atoms with van der Waals surface area (Å²) in [4.78, 5) is 10.5. The highest BCUT2D eigenvalue weighted by Crippen LogP contribution is 2.22. The summed E-state index contributed by atoms with van der Waals surface area (Å²) in [6.45, 7) is 0. The number of methoxy groups -OCH3 is 1. The number of amides is 1. The minimum absolute atomic E-state index is 0.0969. The van der Waals surface area contributed by atoms with E-state index in [9.17, 15) is 17.6 Å². The van der Waals surface area contributed by atoms with E-state index in [-0.39, 0.29) is 10.7 Å². The predicted octanol–water partition coefficient (Wildman–Crippen LogP) is 3.46. The molecule has 2 aromatic rings. The maximum Gasteiger partial charge on any atom is 0.411 e. The first kappa shape index (κ1) is 17.0. The Morgan fingerprint density at radius 1 is 1.13 bits per heavy atom. The largest absolute Gasteiger partial charge is 0.453 e. The third kappa shape index (κ3) is 4.33. The first-order valence-electron chi connectivity index (χ1n) is 6.25. The van der Waals surface area contributed by atoms with Gasteiger partial charge in [-0.05, 0) is 42.5 Å². The highest BCUT2D eigenvalue weighted by Gasteiger charge is 2.19. The zero-order valence-corrected chi connectivity index (χ0v) is 13.4. The molecule has 122 valence electrons. The van der Waals surface area contributed by atoms with Crippen molar-refractivity contribution in [2.24, 2.45) is 0 Å². The van der Waals surface area contributed by atoms with E-state index in [1.807, 2.05) is 0 Å². The van der Waals surface area contributed by atoms with Gasteiger partial charge in [0.15, 0.2) is 0 Å². The van der Waals surface area contributed by atoms with Crippen LogP contribution in [0.4, 0.5) is 20.6 Å². The fourth-order valence-corrected chi connectivity index (χ4v) is 2.97. The number of anilines is 2. The molecule has 0 aromatic heterocycles. The van der Waals surface area contributed by atoms with Crippen LogP contribution in [0.25, 0.3) is 0 Å². The zero-order valence-electron chi connectivity index (χ0n) is 11.8. The van der Waals surface area contributed by atoms with E-state index in [0.29, 0.717) is 5.69 Å². The number of ether oxygens (including phenoxy) is 1. The molecule has 0 unspecified atom stereocenters. The van der Waals surface area contributed by atoms with E-state index in [2.05, 4.69) is 14.8 Å². The topological polar surface area (TPSA) is 84.5 Å². The van der Waals surface area contributed by atoms with Gasteiger partial charge in [0.05, 0.1) is 7.11 Å². The summed E-state index contributed by atoms with van der Waals surface area (Å²) in [6.07, 6.45) is -0.651. The first-order chi connectivity index (χ1) is 10.8. The van der Waals surface area contributed by atoms with Crippen molar-refractivity contribution >= 4 is 39.1 Å². The number of carbonyl (C=O) groups is 1. The van der Waals surface area contributed by atoms with E-state index < -0.39 is 26.8 Å². The van der Waals surface area contributed by atoms with Crippen LogP contribution in [-0.4, -0.2) is 21.6 Å². The maximum absolute atomic E-state index is 13.7. The number of nitrogens with one attached hydrogen (secondary N) is 2. The van der Waals surface area contributed by atoms with Crippen LogP contribution in [0, 0.1) is 5.82 Å². The molecule has 0 bridgehead atoms. The molecule has 0 saturated carbocycles. The van der Waals surface area contributed by atoms with Gasteiger partial charge in [-0.15, -0.1) is 0 Å². The zero-order chi connectivity index (χ0) is 17.0. The smallest absolute Gasteiger partial charge is 0.411 e. The third-order valence-corrected chi connectivity index (χ3v) is 4.40. The summed E-state index contributed by atoms with van der Waals surface area (Å²) in [5, 5.41) is 2.51. The Bertz CT molecular complexity index is 825. The summed E-state index contributed by atoms with van der Waals surface area (Å²) in [5.74, 6) is -0.950. The fraction of sp³-hybridized carbons (Fsp3) is 0.0714. The van der Waals surface area contributed by atoms with E-state index in [1.165, 1.54) is 37.4 Å². The van der Waals surface area contributed by atoms with Crippen molar-refractivity contribution in [3.8, 4) is 0 Å². The Morgan fingerprint density at radius 3 is 2.30 bits per heavy atom. The highest BCUT2D eigenvalue weighted by atomic mass is 35.5. The molecule has 9 heteroatoms. The summed E-state index contributed by atoms with van der Waals surface area (Å²) in [6, 6.07) is 9.03. The number of rotatable bonds is 4. The van der Waals surface area contributed by atoms with Crippen LogP contribution >= 0.6 is 11.6 Å². The van der Waals surface area contributed by atoms with E-state index in [0.717, 1.165) is 12.1 Å². The second kappa shape index (κ2) is 6.84. The van der Waals surface area contributed by atoms with E-state index >= 15 is 0 Å². The predicted molar refractivity (Wildman–Crippen MR) is 84.7 cm³/mol. The van der Waals surface area contributed by atoms with Gasteiger partial charge in [0.2, 0.25) is 0 Å². The van der Waals surface area contributed by atoms with Crippen molar-refractivity contribution in [3.05, 3.63) is 53.3 Å². The Kier molecular flexibility index (Phi) is 5.07. The first-order valence-corrected chi connectivity index (χ1v) is 8.11. The standard InChI is InChI=1S/C14H12ClFN2O4S/c1-22-14(19)17-10-3-5-11(6-4-10)18-23(20,21)13-7-2-9(15)8-12(13)16/h2-8,18H,1H3,(H,17,19). The van der Waals surface area contributed by atoms with Crippen LogP contribution in [-0.2, 0) is 14.8 Å². The molecule has 0 fully saturated rings. The number of carbonyl (C=O) groups excluding carboxylic acids is 1. The second-order valence-corrected chi connectivity index (χ2v) is 6.46. The Hall–Kier alpha value is -2.32. The molecule has 0 aliphatic carbocycles. The Morgan fingerprint density at radius 2 is 1.74 bits per heavy atom. The van der Waals surface area contributed by atoms with Crippen molar-refractivity contribution in [2.75, 3.05) is 17.1 Å². The Labute approximate surface area is 137 Å². The molecule has 1 amide bonds. The summed E-state index contributed by atoms with van der Waals surface area (Å²) in [7, 11) is -2.88. The lowest BCUT2D eigenvalue weighted by Crippen LogP contribution is -2.15. The molecule has 0 radical (unpaired) electrons. The third-order valence-electron chi connectivity index (χ3n) is 2.75. The molecule has 0 atom stereocenters. The van der Waals surface area contributed by atoms with Crippen LogP contribution in [0.1, 0.15) is 0 Å². The van der Waals surface area contributed by atoms with Gasteiger partial charge in [-0.1, -0.05) is 11.6 Å². The van der Waals surface area contributed by atoms with Gasteiger partial charge < -0.3 is 4.74 Å². The molecule has 0 spiro atoms. The van der Waals surface area contributed by atoms with Gasteiger partial charge in [-0.25, -0.2) is 17.6 Å². The lowest BCUT2D eigenvalue weighted by atomic mass is 10.3. The van der Waals surface area contributed by atoms with E-state index in [1.54, 1.807) is 0 Å². The molecule has 2 rings (SSSR count). The molecule has 23 heavy (non-hydrogen) atoms. The van der Waals surface area contributed by atoms with Crippen LogP contribution in [0.3, 0.4) is 0 Å². The molecule has 0 aliphatic rings. The average Bonchev–Trinajstić information content (AvgIpc) is 2.48. The van der Waals surface area contributed by atoms with Crippen LogP contribution < -0.4 is 10.0 Å². The second-order valence-electron chi connectivity index (χ2n) is 4.37. The number of benzene rings is 2. The van der Waals surface area contributed by atoms with Crippen molar-refractivity contribution < 1.29 is 22.3 Å². The van der Waals surface area contributed by atoms with Crippen LogP contribution in [0.15, 0.2) is 47.4 Å². The molecule has 2 aromatic carbocycles. The van der Waals surface area contributed by atoms with Crippen LogP contribution in [0.5, 0.6) is 0 Å². The lowest BCUT2D eigenvalue weighted by molar-refractivity contribution is 0.187. The molecule has 6 nitrogen and oxygen atoms in total. The highest BCUT2D eigenvalue weighted by molar-refractivity contribution is 7.92.